The number of nitrogens with one attached hydrogen (secondary N) is 1. The summed E-state index contributed by atoms with van der Waals surface area (Å²) < 4.78 is 0. The van der Waals surface area contributed by atoms with Crippen molar-refractivity contribution < 1.29 is 0 Å². The molecule has 0 aliphatic heterocycles. The molecule has 0 saturated carbocycles. The molecule has 0 heterocycles. The second-order valence-electron chi connectivity index (χ2n) is 5.56. The molecule has 1 aromatic rings. The molecule has 2 heteroatoms. The summed E-state index contributed by atoms with van der Waals surface area (Å²) in [4.78, 5) is 1.34. The molecule has 1 nitrogen and oxygen atoms in total. The van der Waals surface area contributed by atoms with E-state index >= 15 is 0 Å². The average molecular weight is 294 g/mol. The predicted molar refractivity (Wildman–Crippen MR) is 93.9 cm³/mol. The highest BCUT2D eigenvalue weighted by Gasteiger charge is 2.08. The quantitative estimate of drug-likeness (QED) is 0.377. The third-order valence-electron chi connectivity index (χ3n) is 3.77. The molecule has 0 radical (unpaired) electrons. The number of thioether (sulfide) groups is 1. The molecule has 20 heavy (non-hydrogen) atoms. The van der Waals surface area contributed by atoms with Crippen LogP contribution in [0.5, 0.6) is 0 Å². The maximum absolute atomic E-state index is 3.74. The van der Waals surface area contributed by atoms with E-state index in [9.17, 15) is 0 Å². The predicted octanol–water partition coefficient (Wildman–Crippen LogP) is 6.35. The number of hydrogen-bond donors (Lipinski definition) is 1. The molecular formula is C18H31NS. The van der Waals surface area contributed by atoms with Gasteiger partial charge in [-0.05, 0) is 43.4 Å². The third kappa shape index (κ3) is 7.23. The Morgan fingerprint density at radius 2 is 1.45 bits per heavy atom. The van der Waals surface area contributed by atoms with Gasteiger partial charge in [0.1, 0.15) is 0 Å². The van der Waals surface area contributed by atoms with E-state index in [0.717, 1.165) is 0 Å². The van der Waals surface area contributed by atoms with Gasteiger partial charge in [-0.3, -0.25) is 0 Å². The zero-order valence-electron chi connectivity index (χ0n) is 13.5. The molecule has 114 valence electrons. The van der Waals surface area contributed by atoms with Crippen molar-refractivity contribution in [3.05, 3.63) is 24.3 Å². The summed E-state index contributed by atoms with van der Waals surface area (Å²) in [7, 11) is 0. The Bertz CT molecular complexity index is 324. The fourth-order valence-corrected chi connectivity index (χ4v) is 2.90. The van der Waals surface area contributed by atoms with Crippen LogP contribution in [0.3, 0.4) is 0 Å². The van der Waals surface area contributed by atoms with Gasteiger partial charge in [0.25, 0.3) is 0 Å². The van der Waals surface area contributed by atoms with Crippen LogP contribution in [-0.2, 0) is 0 Å². The van der Waals surface area contributed by atoms with Gasteiger partial charge in [-0.25, -0.2) is 0 Å². The van der Waals surface area contributed by atoms with Crippen LogP contribution in [0.15, 0.2) is 29.2 Å². The summed E-state index contributed by atoms with van der Waals surface area (Å²) in [5.74, 6) is 0. The fraction of sp³-hybridized carbons (Fsp3) is 0.667. The lowest BCUT2D eigenvalue weighted by atomic mass is 10.0. The Balaban J connectivity index is 2.47. The number of hydrogen-bond acceptors (Lipinski definition) is 2. The molecule has 1 rings (SSSR count). The molecule has 0 unspecified atom stereocenters. The monoisotopic (exact) mass is 293 g/mol. The van der Waals surface area contributed by atoms with Crippen LogP contribution >= 0.6 is 11.8 Å². The zero-order chi connectivity index (χ0) is 14.6. The van der Waals surface area contributed by atoms with E-state index in [4.69, 9.17) is 0 Å². The summed E-state index contributed by atoms with van der Waals surface area (Å²) in [6.07, 6.45) is 12.8. The van der Waals surface area contributed by atoms with Gasteiger partial charge in [0.05, 0.1) is 0 Å². The minimum absolute atomic E-state index is 0.647. The number of anilines is 1. The molecule has 0 aliphatic rings. The molecule has 0 bridgehead atoms. The van der Waals surface area contributed by atoms with Crippen molar-refractivity contribution >= 4 is 17.4 Å². The van der Waals surface area contributed by atoms with Crippen LogP contribution in [-0.4, -0.2) is 12.3 Å². The molecular weight excluding hydrogens is 262 g/mol. The highest BCUT2D eigenvalue weighted by molar-refractivity contribution is 7.98. The third-order valence-corrected chi connectivity index (χ3v) is 4.52. The van der Waals surface area contributed by atoms with Crippen LogP contribution in [0, 0.1) is 0 Å². The first kappa shape index (κ1) is 17.4. The van der Waals surface area contributed by atoms with Crippen molar-refractivity contribution in [2.75, 3.05) is 11.6 Å². The normalized spacial score (nSPS) is 11.0. The molecule has 1 aromatic carbocycles. The van der Waals surface area contributed by atoms with Gasteiger partial charge in [-0.1, -0.05) is 52.4 Å². The minimum Gasteiger partial charge on any atom is -0.382 e. The van der Waals surface area contributed by atoms with Gasteiger partial charge >= 0.3 is 0 Å². The summed E-state index contributed by atoms with van der Waals surface area (Å²) >= 11 is 1.80. The smallest absolute Gasteiger partial charge is 0.0343 e. The van der Waals surface area contributed by atoms with Gasteiger partial charge in [0.15, 0.2) is 0 Å². The van der Waals surface area contributed by atoms with E-state index in [-0.39, 0.29) is 0 Å². The maximum Gasteiger partial charge on any atom is 0.0343 e. The van der Waals surface area contributed by atoms with Gasteiger partial charge in [-0.15, -0.1) is 11.8 Å². The highest BCUT2D eigenvalue weighted by Crippen LogP contribution is 2.20. The second kappa shape index (κ2) is 11.1. The lowest BCUT2D eigenvalue weighted by molar-refractivity contribution is 0.526. The average Bonchev–Trinajstić information content (AvgIpc) is 2.48. The topological polar surface area (TPSA) is 12.0 Å². The van der Waals surface area contributed by atoms with Crippen molar-refractivity contribution in [2.24, 2.45) is 0 Å². The Hall–Kier alpha value is -0.630. The number of unbranched alkanes of at least 4 members (excludes halogenated alkanes) is 4. The van der Waals surface area contributed by atoms with Crippen molar-refractivity contribution in [1.29, 1.82) is 0 Å². The van der Waals surface area contributed by atoms with E-state index in [1.165, 1.54) is 61.9 Å². The Kier molecular flexibility index (Phi) is 9.65. The Morgan fingerprint density at radius 1 is 0.900 bits per heavy atom. The summed E-state index contributed by atoms with van der Waals surface area (Å²) in [6, 6.07) is 9.51. The molecule has 0 atom stereocenters. The van der Waals surface area contributed by atoms with Gasteiger partial charge in [0, 0.05) is 16.6 Å². The molecule has 0 fully saturated rings. The van der Waals surface area contributed by atoms with Gasteiger partial charge in [0.2, 0.25) is 0 Å². The number of rotatable bonds is 11. The summed E-state index contributed by atoms with van der Waals surface area (Å²) in [5.41, 5.74) is 1.28. The van der Waals surface area contributed by atoms with Gasteiger partial charge < -0.3 is 5.32 Å². The fourth-order valence-electron chi connectivity index (χ4n) is 2.49. The van der Waals surface area contributed by atoms with Crippen molar-refractivity contribution in [3.63, 3.8) is 0 Å². The highest BCUT2D eigenvalue weighted by atomic mass is 32.2. The van der Waals surface area contributed by atoms with Crippen molar-refractivity contribution in [2.45, 2.75) is 76.2 Å². The van der Waals surface area contributed by atoms with Gasteiger partial charge in [-0.2, -0.15) is 0 Å². The largest absolute Gasteiger partial charge is 0.382 e. The van der Waals surface area contributed by atoms with Crippen LogP contribution in [0.25, 0.3) is 0 Å². The molecule has 0 spiro atoms. The minimum atomic E-state index is 0.647. The van der Waals surface area contributed by atoms with Crippen molar-refractivity contribution in [3.8, 4) is 0 Å². The zero-order valence-corrected chi connectivity index (χ0v) is 14.3. The van der Waals surface area contributed by atoms with Crippen LogP contribution in [0.1, 0.15) is 65.2 Å². The van der Waals surface area contributed by atoms with E-state index in [1.54, 1.807) is 11.8 Å². The molecule has 0 aliphatic carbocycles. The SMILES string of the molecule is CCCCCC(CCCCC)Nc1ccc(SC)cc1. The molecule has 0 saturated heterocycles. The summed E-state index contributed by atoms with van der Waals surface area (Å²) in [5, 5.41) is 3.74. The van der Waals surface area contributed by atoms with Crippen LogP contribution in [0.4, 0.5) is 5.69 Å². The maximum atomic E-state index is 3.74. The summed E-state index contributed by atoms with van der Waals surface area (Å²) in [6.45, 7) is 4.56. The standard InChI is InChI=1S/C18H31NS/c1-4-6-8-10-16(11-9-7-5-2)19-17-12-14-18(20-3)15-13-17/h12-16,19H,4-11H2,1-3H3. The lowest BCUT2D eigenvalue weighted by Gasteiger charge is -2.20. The van der Waals surface area contributed by atoms with E-state index in [1.807, 2.05) is 0 Å². The second-order valence-corrected chi connectivity index (χ2v) is 6.44. The number of benzene rings is 1. The van der Waals surface area contributed by atoms with Crippen molar-refractivity contribution in [1.82, 2.24) is 0 Å². The molecule has 0 amide bonds. The first-order valence-electron chi connectivity index (χ1n) is 8.20. The Labute approximate surface area is 129 Å². The van der Waals surface area contributed by atoms with E-state index < -0.39 is 0 Å². The van der Waals surface area contributed by atoms with E-state index in [2.05, 4.69) is 49.7 Å². The van der Waals surface area contributed by atoms with E-state index in [0.29, 0.717) is 6.04 Å². The first-order valence-corrected chi connectivity index (χ1v) is 9.43. The Morgan fingerprint density at radius 3 is 1.90 bits per heavy atom. The van der Waals surface area contributed by atoms with Crippen LogP contribution < -0.4 is 5.32 Å². The molecule has 0 aromatic heterocycles. The molecule has 1 N–H and O–H groups in total. The lowest BCUT2D eigenvalue weighted by Crippen LogP contribution is -2.19. The van der Waals surface area contributed by atoms with Crippen LogP contribution in [0.2, 0.25) is 0 Å². The first-order chi connectivity index (χ1) is 9.80.